The topological polar surface area (TPSA) is 75.8 Å². The summed E-state index contributed by atoms with van der Waals surface area (Å²) in [5.74, 6) is 0.00109. The highest BCUT2D eigenvalue weighted by molar-refractivity contribution is 7.98. The highest BCUT2D eigenvalue weighted by Gasteiger charge is 2.31. The third-order valence-corrected chi connectivity index (χ3v) is 5.10. The molecule has 3 aromatic rings. The molecule has 0 spiro atoms. The van der Waals surface area contributed by atoms with E-state index in [4.69, 9.17) is 16.3 Å². The van der Waals surface area contributed by atoms with E-state index in [2.05, 4.69) is 15.0 Å². The van der Waals surface area contributed by atoms with Crippen LogP contribution in [0.15, 0.2) is 17.6 Å². The molecule has 4 heterocycles. The van der Waals surface area contributed by atoms with E-state index in [0.717, 1.165) is 0 Å². The van der Waals surface area contributed by atoms with Crippen LogP contribution in [0, 0.1) is 5.82 Å². The number of thioether (sulfide) groups is 1. The van der Waals surface area contributed by atoms with Gasteiger partial charge >= 0.3 is 0 Å². The van der Waals surface area contributed by atoms with Gasteiger partial charge in [-0.3, -0.25) is 0 Å². The van der Waals surface area contributed by atoms with E-state index >= 15 is 4.39 Å². The lowest BCUT2D eigenvalue weighted by Crippen LogP contribution is -2.42. The Kier molecular flexibility index (Phi) is 4.42. The Morgan fingerprint density at radius 1 is 1.38 bits per heavy atom. The molecular formula is C16H17ClFN5O2S. The second kappa shape index (κ2) is 6.49. The average Bonchev–Trinajstić information content (AvgIpc) is 2.77. The van der Waals surface area contributed by atoms with E-state index in [1.165, 1.54) is 18.0 Å². The van der Waals surface area contributed by atoms with Gasteiger partial charge in [-0.15, -0.1) is 0 Å². The zero-order valence-corrected chi connectivity index (χ0v) is 15.8. The molecule has 1 saturated heterocycles. The van der Waals surface area contributed by atoms with Gasteiger partial charge in [0.25, 0.3) is 0 Å². The third kappa shape index (κ3) is 2.88. The Morgan fingerprint density at radius 3 is 2.96 bits per heavy atom. The molecule has 0 amide bonds. The second-order valence-corrected chi connectivity index (χ2v) is 7.58. The molecule has 3 aromatic heterocycles. The van der Waals surface area contributed by atoms with Crippen molar-refractivity contribution in [2.45, 2.75) is 17.7 Å². The summed E-state index contributed by atoms with van der Waals surface area (Å²) in [6, 6.07) is 0. The molecule has 0 radical (unpaired) electrons. The van der Waals surface area contributed by atoms with Crippen LogP contribution in [0.1, 0.15) is 6.92 Å². The van der Waals surface area contributed by atoms with Gasteiger partial charge < -0.3 is 19.1 Å². The fraction of sp³-hybridized carbons (Fsp3) is 0.438. The summed E-state index contributed by atoms with van der Waals surface area (Å²) in [5.41, 5.74) is -0.204. The summed E-state index contributed by atoms with van der Waals surface area (Å²) in [4.78, 5) is 14.8. The number of fused-ring (bicyclic) bond motifs is 3. The molecule has 0 bridgehead atoms. The Labute approximate surface area is 158 Å². The fourth-order valence-corrected chi connectivity index (χ4v) is 3.78. The Bertz CT molecular complexity index is 996. The predicted molar refractivity (Wildman–Crippen MR) is 98.7 cm³/mol. The van der Waals surface area contributed by atoms with Crippen LogP contribution in [0.3, 0.4) is 0 Å². The van der Waals surface area contributed by atoms with Crippen LogP contribution in [0.5, 0.6) is 0 Å². The molecule has 1 aliphatic rings. The third-order valence-electron chi connectivity index (χ3n) is 4.27. The maximum absolute atomic E-state index is 15.0. The molecule has 4 rings (SSSR count). The number of hydrogen-bond acceptors (Lipinski definition) is 7. The first-order valence-corrected chi connectivity index (χ1v) is 9.62. The van der Waals surface area contributed by atoms with E-state index in [9.17, 15) is 5.11 Å². The van der Waals surface area contributed by atoms with Crippen LogP contribution < -0.4 is 4.90 Å². The first kappa shape index (κ1) is 17.7. The number of aliphatic hydroxyl groups is 1. The number of halogens is 2. The van der Waals surface area contributed by atoms with Crippen molar-refractivity contribution in [3.05, 3.63) is 23.4 Å². The molecule has 0 aliphatic carbocycles. The number of anilines is 1. The summed E-state index contributed by atoms with van der Waals surface area (Å²) in [7, 11) is 0. The summed E-state index contributed by atoms with van der Waals surface area (Å²) < 4.78 is 22.1. The molecule has 0 unspecified atom stereocenters. The quantitative estimate of drug-likeness (QED) is 0.525. The van der Waals surface area contributed by atoms with Crippen LogP contribution in [-0.4, -0.2) is 62.6 Å². The molecule has 26 heavy (non-hydrogen) atoms. The van der Waals surface area contributed by atoms with Gasteiger partial charge in [-0.1, -0.05) is 23.4 Å². The standard InChI is InChI=1S/C16H17ClFN5O2S/c1-16(24)7-22(5-6-25-8-16)14-12-10(20-15(21-14)26-2)9(18)11-13(17)19-3-4-23(11)12/h3-4,24H,5-8H2,1-2H3/t16-/m0/s1. The minimum atomic E-state index is -1.04. The lowest BCUT2D eigenvalue weighted by molar-refractivity contribution is -0.0123. The second-order valence-electron chi connectivity index (χ2n) is 6.45. The number of hydrogen-bond donors (Lipinski definition) is 1. The molecule has 7 nitrogen and oxygen atoms in total. The number of β-amino-alcohol motifs (C(OH)–C–C–N with tert-alkyl or cyclic N) is 1. The highest BCUT2D eigenvalue weighted by Crippen LogP contribution is 2.34. The highest BCUT2D eigenvalue weighted by atomic mass is 35.5. The smallest absolute Gasteiger partial charge is 0.190 e. The van der Waals surface area contributed by atoms with Crippen molar-refractivity contribution in [2.24, 2.45) is 0 Å². The maximum Gasteiger partial charge on any atom is 0.190 e. The summed E-state index contributed by atoms with van der Waals surface area (Å²) in [6.45, 7) is 3.19. The Balaban J connectivity index is 2.03. The van der Waals surface area contributed by atoms with Crippen molar-refractivity contribution in [1.82, 2.24) is 19.4 Å². The zero-order valence-electron chi connectivity index (χ0n) is 14.2. The Morgan fingerprint density at radius 2 is 2.19 bits per heavy atom. The normalized spacial score (nSPS) is 21.5. The van der Waals surface area contributed by atoms with Crippen LogP contribution in [0.2, 0.25) is 5.15 Å². The minimum Gasteiger partial charge on any atom is -0.386 e. The van der Waals surface area contributed by atoms with E-state index < -0.39 is 11.4 Å². The van der Waals surface area contributed by atoms with Gasteiger partial charge in [0.15, 0.2) is 21.9 Å². The molecule has 1 atom stereocenters. The van der Waals surface area contributed by atoms with Gasteiger partial charge in [-0.2, -0.15) is 0 Å². The van der Waals surface area contributed by atoms with Crippen molar-refractivity contribution in [3.8, 4) is 0 Å². The SMILES string of the molecule is CSc1nc(N2CCOC[C@@](C)(O)C2)c2c(n1)c(F)c1c(Cl)nccn12. The van der Waals surface area contributed by atoms with Crippen molar-refractivity contribution < 1.29 is 14.2 Å². The van der Waals surface area contributed by atoms with E-state index in [1.807, 2.05) is 11.2 Å². The molecule has 1 aliphatic heterocycles. The van der Waals surface area contributed by atoms with Gasteiger partial charge in [0.05, 0.1) is 19.8 Å². The first-order valence-electron chi connectivity index (χ1n) is 8.02. The van der Waals surface area contributed by atoms with Gasteiger partial charge in [-0.25, -0.2) is 19.3 Å². The Hall–Kier alpha value is -1.68. The summed E-state index contributed by atoms with van der Waals surface area (Å²) >= 11 is 7.44. The van der Waals surface area contributed by atoms with E-state index in [1.54, 1.807) is 17.5 Å². The predicted octanol–water partition coefficient (Wildman–Crippen LogP) is 2.38. The fourth-order valence-electron chi connectivity index (χ4n) is 3.19. The number of rotatable bonds is 2. The van der Waals surface area contributed by atoms with E-state index in [-0.39, 0.29) is 22.8 Å². The molecule has 1 fully saturated rings. The van der Waals surface area contributed by atoms with Crippen molar-refractivity contribution in [1.29, 1.82) is 0 Å². The van der Waals surface area contributed by atoms with Gasteiger partial charge in [0, 0.05) is 18.9 Å². The molecular weight excluding hydrogens is 381 g/mol. The zero-order chi connectivity index (χ0) is 18.5. The van der Waals surface area contributed by atoms with E-state index in [0.29, 0.717) is 36.2 Å². The molecule has 138 valence electrons. The van der Waals surface area contributed by atoms with Crippen molar-refractivity contribution in [2.75, 3.05) is 37.5 Å². The molecule has 1 N–H and O–H groups in total. The largest absolute Gasteiger partial charge is 0.386 e. The molecule has 0 aromatic carbocycles. The monoisotopic (exact) mass is 397 g/mol. The lowest BCUT2D eigenvalue weighted by atomic mass is 10.1. The van der Waals surface area contributed by atoms with Crippen LogP contribution in [0.4, 0.5) is 10.2 Å². The summed E-state index contributed by atoms with van der Waals surface area (Å²) in [5, 5.41) is 11.0. The lowest BCUT2D eigenvalue weighted by Gasteiger charge is -2.28. The van der Waals surface area contributed by atoms with Crippen LogP contribution in [0.25, 0.3) is 16.6 Å². The number of ether oxygens (including phenoxy) is 1. The maximum atomic E-state index is 15.0. The molecule has 0 saturated carbocycles. The average molecular weight is 398 g/mol. The number of aromatic nitrogens is 4. The van der Waals surface area contributed by atoms with Gasteiger partial charge in [0.1, 0.15) is 22.2 Å². The minimum absolute atomic E-state index is 0.0610. The van der Waals surface area contributed by atoms with Crippen LogP contribution in [-0.2, 0) is 4.74 Å². The summed E-state index contributed by atoms with van der Waals surface area (Å²) in [6.07, 6.45) is 4.96. The first-order chi connectivity index (χ1) is 12.4. The van der Waals surface area contributed by atoms with Gasteiger partial charge in [-0.05, 0) is 13.2 Å². The van der Waals surface area contributed by atoms with Crippen molar-refractivity contribution in [3.63, 3.8) is 0 Å². The van der Waals surface area contributed by atoms with Gasteiger partial charge in [0.2, 0.25) is 0 Å². The van der Waals surface area contributed by atoms with Crippen LogP contribution >= 0.6 is 23.4 Å². The molecule has 10 heteroatoms. The van der Waals surface area contributed by atoms with Crippen molar-refractivity contribution >= 4 is 45.7 Å². The number of nitrogens with zero attached hydrogens (tertiary/aromatic N) is 5.